The molecule has 2 amide bonds. The van der Waals surface area contributed by atoms with E-state index in [1.807, 2.05) is 67.3 Å². The molecule has 0 saturated carbocycles. The zero-order valence-corrected chi connectivity index (χ0v) is 17.6. The molecule has 30 heavy (non-hydrogen) atoms. The Morgan fingerprint density at radius 3 is 2.53 bits per heavy atom. The molecule has 0 bridgehead atoms. The number of nitrogens with zero attached hydrogens (tertiary/aromatic N) is 1. The fraction of sp³-hybridized carbons (Fsp3) is 0.360. The molecule has 1 aromatic heterocycles. The number of likely N-dealkylation sites (tertiary alicyclic amines) is 1. The minimum absolute atomic E-state index is 0.0263. The Balaban J connectivity index is 1.29. The predicted molar refractivity (Wildman–Crippen MR) is 119 cm³/mol. The van der Waals surface area contributed by atoms with Gasteiger partial charge in [-0.1, -0.05) is 30.3 Å². The van der Waals surface area contributed by atoms with Crippen molar-refractivity contribution < 1.29 is 14.0 Å². The number of furan rings is 1. The van der Waals surface area contributed by atoms with Crippen molar-refractivity contribution in [3.8, 4) is 0 Å². The van der Waals surface area contributed by atoms with Crippen molar-refractivity contribution in [1.82, 2.24) is 4.90 Å². The van der Waals surface area contributed by atoms with Crippen LogP contribution in [0.25, 0.3) is 11.0 Å². The highest BCUT2D eigenvalue weighted by molar-refractivity contribution is 5.99. The van der Waals surface area contributed by atoms with Crippen molar-refractivity contribution in [1.29, 1.82) is 0 Å². The first-order chi connectivity index (χ1) is 14.5. The topological polar surface area (TPSA) is 62.6 Å². The average molecular weight is 405 g/mol. The molecular weight excluding hydrogens is 376 g/mol. The monoisotopic (exact) mass is 404 g/mol. The number of carbonyl (C=O) groups excluding carboxylic acids is 2. The van der Waals surface area contributed by atoms with E-state index in [1.54, 1.807) is 0 Å². The number of fused-ring (bicyclic) bond motifs is 1. The van der Waals surface area contributed by atoms with Crippen LogP contribution in [0.1, 0.15) is 47.4 Å². The van der Waals surface area contributed by atoms with Gasteiger partial charge >= 0.3 is 0 Å². The number of aryl methyl sites for hydroxylation is 2. The van der Waals surface area contributed by atoms with E-state index in [9.17, 15) is 9.59 Å². The quantitative estimate of drug-likeness (QED) is 0.626. The molecule has 1 aliphatic rings. The number of para-hydroxylation sites is 1. The van der Waals surface area contributed by atoms with Crippen LogP contribution in [0.4, 0.5) is 5.69 Å². The molecule has 2 aromatic carbocycles. The third kappa shape index (κ3) is 4.40. The lowest BCUT2D eigenvalue weighted by molar-refractivity contribution is -0.116. The Labute approximate surface area is 177 Å². The number of anilines is 1. The van der Waals surface area contributed by atoms with Gasteiger partial charge in [0, 0.05) is 36.1 Å². The molecule has 5 nitrogen and oxygen atoms in total. The van der Waals surface area contributed by atoms with Crippen molar-refractivity contribution in [3.05, 3.63) is 65.4 Å². The first kappa shape index (κ1) is 20.2. The summed E-state index contributed by atoms with van der Waals surface area (Å²) in [4.78, 5) is 27.1. The number of hydrogen-bond donors (Lipinski definition) is 1. The summed E-state index contributed by atoms with van der Waals surface area (Å²) in [5.41, 5.74) is 3.64. The van der Waals surface area contributed by atoms with E-state index < -0.39 is 0 Å². The maximum atomic E-state index is 13.0. The molecule has 0 atom stereocenters. The molecule has 3 aromatic rings. The lowest BCUT2D eigenvalue weighted by atomic mass is 9.92. The van der Waals surface area contributed by atoms with E-state index in [0.717, 1.165) is 47.0 Å². The van der Waals surface area contributed by atoms with Gasteiger partial charge in [0.2, 0.25) is 5.91 Å². The third-order valence-corrected chi connectivity index (χ3v) is 6.03. The summed E-state index contributed by atoms with van der Waals surface area (Å²) < 4.78 is 5.91. The Morgan fingerprint density at radius 1 is 1.07 bits per heavy atom. The van der Waals surface area contributed by atoms with E-state index >= 15 is 0 Å². The molecule has 156 valence electrons. The van der Waals surface area contributed by atoms with Crippen molar-refractivity contribution in [2.45, 2.75) is 39.5 Å². The first-order valence-electron chi connectivity index (χ1n) is 10.6. The molecule has 1 saturated heterocycles. The summed E-state index contributed by atoms with van der Waals surface area (Å²) in [6, 6.07) is 15.6. The third-order valence-electron chi connectivity index (χ3n) is 6.03. The van der Waals surface area contributed by atoms with Crippen LogP contribution >= 0.6 is 0 Å². The minimum atomic E-state index is -0.0263. The molecule has 1 fully saturated rings. The van der Waals surface area contributed by atoms with Gasteiger partial charge in [-0.15, -0.1) is 0 Å². The van der Waals surface area contributed by atoms with Crippen molar-refractivity contribution in [2.24, 2.45) is 5.92 Å². The second kappa shape index (κ2) is 8.74. The van der Waals surface area contributed by atoms with Crippen LogP contribution < -0.4 is 5.32 Å². The average Bonchev–Trinajstić information content (AvgIpc) is 3.08. The van der Waals surface area contributed by atoms with Gasteiger partial charge in [0.1, 0.15) is 5.58 Å². The van der Waals surface area contributed by atoms with E-state index in [1.165, 1.54) is 0 Å². The fourth-order valence-corrected chi connectivity index (χ4v) is 4.19. The van der Waals surface area contributed by atoms with E-state index in [-0.39, 0.29) is 11.8 Å². The largest absolute Gasteiger partial charge is 0.451 e. The van der Waals surface area contributed by atoms with Crippen LogP contribution in [0, 0.1) is 19.8 Å². The van der Waals surface area contributed by atoms with Crippen LogP contribution in [0.3, 0.4) is 0 Å². The number of amides is 2. The summed E-state index contributed by atoms with van der Waals surface area (Å²) in [7, 11) is 0. The number of piperidine rings is 1. The van der Waals surface area contributed by atoms with E-state index in [4.69, 9.17) is 4.42 Å². The van der Waals surface area contributed by atoms with Crippen molar-refractivity contribution >= 4 is 28.5 Å². The fourth-order valence-electron chi connectivity index (χ4n) is 4.19. The summed E-state index contributed by atoms with van der Waals surface area (Å²) in [6.45, 7) is 5.38. The molecule has 5 heteroatoms. The highest BCUT2D eigenvalue weighted by atomic mass is 16.3. The summed E-state index contributed by atoms with van der Waals surface area (Å²) in [5, 5.41) is 3.94. The van der Waals surface area contributed by atoms with Crippen LogP contribution in [0.15, 0.2) is 52.9 Å². The minimum Gasteiger partial charge on any atom is -0.451 e. The molecule has 4 rings (SSSR count). The standard InChI is InChI=1S/C25H28N2O3/c1-17-8-10-21-18(2)24(30-22(21)16-17)25(29)27-14-12-19(13-15-27)9-11-23(28)26-20-6-4-3-5-7-20/h3-8,10,16,19H,9,11-15H2,1-2H3,(H,26,28). The van der Waals surface area contributed by atoms with Crippen LogP contribution in [0.5, 0.6) is 0 Å². The number of rotatable bonds is 5. The Hall–Kier alpha value is -3.08. The summed E-state index contributed by atoms with van der Waals surface area (Å²) in [6.07, 6.45) is 3.20. The molecule has 1 aliphatic heterocycles. The maximum absolute atomic E-state index is 13.0. The van der Waals surface area contributed by atoms with Gasteiger partial charge in [0.25, 0.3) is 5.91 Å². The van der Waals surface area contributed by atoms with Crippen molar-refractivity contribution in [2.75, 3.05) is 18.4 Å². The van der Waals surface area contributed by atoms with Gasteiger partial charge < -0.3 is 14.6 Å². The molecular formula is C25H28N2O3. The molecule has 1 N–H and O–H groups in total. The van der Waals surface area contributed by atoms with Gasteiger partial charge in [-0.2, -0.15) is 0 Å². The lowest BCUT2D eigenvalue weighted by Gasteiger charge is -2.31. The van der Waals surface area contributed by atoms with E-state index in [2.05, 4.69) is 5.32 Å². The smallest absolute Gasteiger partial charge is 0.289 e. The zero-order valence-electron chi connectivity index (χ0n) is 17.6. The zero-order chi connectivity index (χ0) is 21.1. The molecule has 2 heterocycles. The number of nitrogens with one attached hydrogen (secondary N) is 1. The highest BCUT2D eigenvalue weighted by Gasteiger charge is 2.27. The Morgan fingerprint density at radius 2 is 1.80 bits per heavy atom. The van der Waals surface area contributed by atoms with Gasteiger partial charge in [-0.25, -0.2) is 0 Å². The number of benzene rings is 2. The van der Waals surface area contributed by atoms with E-state index in [0.29, 0.717) is 31.2 Å². The summed E-state index contributed by atoms with van der Waals surface area (Å²) >= 11 is 0. The molecule has 0 radical (unpaired) electrons. The van der Waals surface area contributed by atoms with Crippen LogP contribution in [-0.4, -0.2) is 29.8 Å². The van der Waals surface area contributed by atoms with Gasteiger partial charge in [-0.05, 0) is 62.8 Å². The maximum Gasteiger partial charge on any atom is 0.289 e. The number of carbonyl (C=O) groups is 2. The Kier molecular flexibility index (Phi) is 5.88. The van der Waals surface area contributed by atoms with Gasteiger partial charge in [0.15, 0.2) is 5.76 Å². The molecule has 0 spiro atoms. The number of hydrogen-bond acceptors (Lipinski definition) is 3. The molecule has 0 aliphatic carbocycles. The first-order valence-corrected chi connectivity index (χ1v) is 10.6. The predicted octanol–water partition coefficient (Wildman–Crippen LogP) is 5.32. The second-order valence-electron chi connectivity index (χ2n) is 8.24. The Bertz CT molecular complexity index is 1050. The highest BCUT2D eigenvalue weighted by Crippen LogP contribution is 2.29. The van der Waals surface area contributed by atoms with Gasteiger partial charge in [-0.3, -0.25) is 9.59 Å². The summed E-state index contributed by atoms with van der Waals surface area (Å²) in [5.74, 6) is 0.945. The van der Waals surface area contributed by atoms with Crippen LogP contribution in [0.2, 0.25) is 0 Å². The normalized spacial score (nSPS) is 14.8. The van der Waals surface area contributed by atoms with Crippen LogP contribution in [-0.2, 0) is 4.79 Å². The van der Waals surface area contributed by atoms with Gasteiger partial charge in [0.05, 0.1) is 0 Å². The lowest BCUT2D eigenvalue weighted by Crippen LogP contribution is -2.38. The molecule has 0 unspecified atom stereocenters. The second-order valence-corrected chi connectivity index (χ2v) is 8.24. The van der Waals surface area contributed by atoms with Crippen molar-refractivity contribution in [3.63, 3.8) is 0 Å². The SMILES string of the molecule is Cc1ccc2c(C)c(C(=O)N3CCC(CCC(=O)Nc4ccccc4)CC3)oc2c1.